The van der Waals surface area contributed by atoms with Crippen LogP contribution in [0.5, 0.6) is 0 Å². The van der Waals surface area contributed by atoms with Gasteiger partial charge in [0.05, 0.1) is 49.6 Å². The van der Waals surface area contributed by atoms with E-state index in [9.17, 15) is 5.26 Å². The number of aryl methyl sites for hydroxylation is 1. The van der Waals surface area contributed by atoms with E-state index in [4.69, 9.17) is 14.5 Å². The van der Waals surface area contributed by atoms with Gasteiger partial charge in [-0.2, -0.15) is 20.1 Å². The number of hydrogen-bond acceptors (Lipinski definition) is 8. The van der Waals surface area contributed by atoms with Crippen LogP contribution < -0.4 is 9.80 Å². The second kappa shape index (κ2) is 7.46. The van der Waals surface area contributed by atoms with Gasteiger partial charge < -0.3 is 19.3 Å². The highest BCUT2D eigenvalue weighted by Gasteiger charge is 2.39. The molecular formula is C22H26N8O2. The van der Waals surface area contributed by atoms with Crippen LogP contribution in [0.2, 0.25) is 0 Å². The number of morpholine rings is 2. The van der Waals surface area contributed by atoms with Gasteiger partial charge in [-0.3, -0.25) is 4.68 Å². The third kappa shape index (κ3) is 2.96. The topological polar surface area (TPSA) is 97.3 Å². The van der Waals surface area contributed by atoms with Crippen molar-refractivity contribution in [1.82, 2.24) is 24.5 Å². The first kappa shape index (κ1) is 19.5. The predicted octanol–water partition coefficient (Wildman–Crippen LogP) is 1.62. The summed E-state index contributed by atoms with van der Waals surface area (Å²) in [7, 11) is 1.87. The summed E-state index contributed by atoms with van der Waals surface area (Å²) < 4.78 is 14.9. The van der Waals surface area contributed by atoms with E-state index in [0.29, 0.717) is 42.5 Å². The number of anilines is 2. The van der Waals surface area contributed by atoms with E-state index < -0.39 is 0 Å². The maximum absolute atomic E-state index is 9.95. The normalized spacial score (nSPS) is 25.5. The standard InChI is InChI=1S/C22H26N8O2/c1-14-11-31-8-7-28(14)18-9-20(29-15-3-4-16(29)13-32-12-15)24-22-21(18)17(10-23)25-30(22)19-5-6-27(2)26-19/h5-6,9,14-16H,3-4,7-8,11-13H2,1-2H3/t14-,15?,16?/m1/s1. The molecule has 0 aliphatic carbocycles. The molecule has 0 radical (unpaired) electrons. The Labute approximate surface area is 185 Å². The highest BCUT2D eigenvalue weighted by Crippen LogP contribution is 2.39. The van der Waals surface area contributed by atoms with Crippen LogP contribution in [0.15, 0.2) is 18.3 Å². The molecule has 0 amide bonds. The van der Waals surface area contributed by atoms with Gasteiger partial charge in [-0.15, -0.1) is 0 Å². The molecule has 6 rings (SSSR count). The van der Waals surface area contributed by atoms with Crippen LogP contribution >= 0.6 is 0 Å². The molecule has 3 aromatic rings. The number of nitrogens with zero attached hydrogens (tertiary/aromatic N) is 8. The molecule has 0 saturated carbocycles. The molecule has 3 fully saturated rings. The summed E-state index contributed by atoms with van der Waals surface area (Å²) in [5, 5.41) is 19.9. The molecule has 3 aliphatic heterocycles. The lowest BCUT2D eigenvalue weighted by molar-refractivity contribution is 0.0902. The maximum atomic E-state index is 9.95. The fraction of sp³-hybridized carbons (Fsp3) is 0.545. The maximum Gasteiger partial charge on any atom is 0.177 e. The number of rotatable bonds is 3. The van der Waals surface area contributed by atoms with Gasteiger partial charge in [-0.25, -0.2) is 4.98 Å². The van der Waals surface area contributed by atoms with Crippen molar-refractivity contribution < 1.29 is 9.47 Å². The molecule has 0 spiro atoms. The van der Waals surface area contributed by atoms with Crippen molar-refractivity contribution in [2.45, 2.75) is 37.9 Å². The number of ether oxygens (including phenoxy) is 2. The molecule has 3 aliphatic rings. The SMILES string of the molecule is C[C@@H]1COCCN1c1cc(N2C3CCC2COC3)nc2c1c(C#N)nn2-c1ccn(C)n1. The number of nitriles is 1. The van der Waals surface area contributed by atoms with Crippen molar-refractivity contribution in [3.05, 3.63) is 24.0 Å². The number of hydrogen-bond donors (Lipinski definition) is 0. The Kier molecular flexibility index (Phi) is 4.55. The van der Waals surface area contributed by atoms with Crippen LogP contribution in [0.1, 0.15) is 25.5 Å². The molecule has 3 atom stereocenters. The Morgan fingerprint density at radius 1 is 1.09 bits per heavy atom. The lowest BCUT2D eigenvalue weighted by Gasteiger charge is -2.38. The highest BCUT2D eigenvalue weighted by molar-refractivity contribution is 5.96. The zero-order valence-electron chi connectivity index (χ0n) is 18.3. The lowest BCUT2D eigenvalue weighted by Crippen LogP contribution is -2.47. The van der Waals surface area contributed by atoms with Crippen LogP contribution in [-0.4, -0.2) is 75.6 Å². The van der Waals surface area contributed by atoms with Crippen molar-refractivity contribution in [3.63, 3.8) is 0 Å². The molecule has 166 valence electrons. The molecule has 3 aromatic heterocycles. The Morgan fingerprint density at radius 3 is 2.59 bits per heavy atom. The summed E-state index contributed by atoms with van der Waals surface area (Å²) in [6, 6.07) is 7.17. The smallest absolute Gasteiger partial charge is 0.177 e. The van der Waals surface area contributed by atoms with Crippen LogP contribution in [0, 0.1) is 11.3 Å². The van der Waals surface area contributed by atoms with E-state index in [1.807, 2.05) is 19.3 Å². The Balaban J connectivity index is 1.60. The summed E-state index contributed by atoms with van der Waals surface area (Å²) in [5.41, 5.74) is 2.02. The zero-order valence-corrected chi connectivity index (χ0v) is 18.3. The predicted molar refractivity (Wildman–Crippen MR) is 118 cm³/mol. The average Bonchev–Trinajstić information content (AvgIpc) is 3.46. The summed E-state index contributed by atoms with van der Waals surface area (Å²) in [4.78, 5) is 9.83. The Bertz CT molecular complexity index is 1190. The van der Waals surface area contributed by atoms with Gasteiger partial charge in [0.15, 0.2) is 17.2 Å². The van der Waals surface area contributed by atoms with Crippen LogP contribution in [0.3, 0.4) is 0 Å². The molecule has 3 saturated heterocycles. The summed E-state index contributed by atoms with van der Waals surface area (Å²) in [6.45, 7) is 5.67. The van der Waals surface area contributed by atoms with E-state index in [1.165, 1.54) is 0 Å². The molecule has 2 bridgehead atoms. The number of fused-ring (bicyclic) bond motifs is 3. The fourth-order valence-corrected chi connectivity index (χ4v) is 5.28. The van der Waals surface area contributed by atoms with E-state index in [0.717, 1.165) is 49.5 Å². The van der Waals surface area contributed by atoms with Gasteiger partial charge in [-0.1, -0.05) is 0 Å². The average molecular weight is 435 g/mol. The molecular weight excluding hydrogens is 408 g/mol. The summed E-state index contributed by atoms with van der Waals surface area (Å²) in [5.74, 6) is 1.57. The second-order valence-electron chi connectivity index (χ2n) is 8.87. The van der Waals surface area contributed by atoms with Gasteiger partial charge in [0.1, 0.15) is 11.9 Å². The third-order valence-corrected chi connectivity index (χ3v) is 6.81. The van der Waals surface area contributed by atoms with Crippen LogP contribution in [0.4, 0.5) is 11.5 Å². The second-order valence-corrected chi connectivity index (χ2v) is 8.87. The first-order valence-electron chi connectivity index (χ1n) is 11.2. The van der Waals surface area contributed by atoms with Crippen molar-refractivity contribution in [2.75, 3.05) is 42.8 Å². The van der Waals surface area contributed by atoms with Gasteiger partial charge in [0.25, 0.3) is 0 Å². The number of pyridine rings is 1. The van der Waals surface area contributed by atoms with Crippen LogP contribution in [-0.2, 0) is 16.5 Å². The first-order valence-corrected chi connectivity index (χ1v) is 11.2. The summed E-state index contributed by atoms with van der Waals surface area (Å²) >= 11 is 0. The minimum Gasteiger partial charge on any atom is -0.377 e. The van der Waals surface area contributed by atoms with Crippen molar-refractivity contribution in [1.29, 1.82) is 5.26 Å². The van der Waals surface area contributed by atoms with Gasteiger partial charge in [-0.05, 0) is 19.8 Å². The number of aromatic nitrogens is 5. The summed E-state index contributed by atoms with van der Waals surface area (Å²) in [6.07, 6.45) is 4.08. The third-order valence-electron chi connectivity index (χ3n) is 6.81. The Morgan fingerprint density at radius 2 is 1.91 bits per heavy atom. The van der Waals surface area contributed by atoms with Gasteiger partial charge >= 0.3 is 0 Å². The van der Waals surface area contributed by atoms with E-state index >= 15 is 0 Å². The molecule has 6 heterocycles. The lowest BCUT2D eigenvalue weighted by atomic mass is 10.1. The molecule has 32 heavy (non-hydrogen) atoms. The minimum absolute atomic E-state index is 0.188. The minimum atomic E-state index is 0.188. The monoisotopic (exact) mass is 434 g/mol. The van der Waals surface area contributed by atoms with Crippen molar-refractivity contribution >= 4 is 22.5 Å². The Hall–Kier alpha value is -3.16. The largest absolute Gasteiger partial charge is 0.377 e. The highest BCUT2D eigenvalue weighted by atomic mass is 16.5. The molecule has 0 aromatic carbocycles. The van der Waals surface area contributed by atoms with E-state index in [2.05, 4.69) is 39.1 Å². The van der Waals surface area contributed by atoms with Gasteiger partial charge in [0, 0.05) is 38.0 Å². The first-order chi connectivity index (χ1) is 15.6. The molecule has 2 unspecified atom stereocenters. The molecule has 10 heteroatoms. The molecule has 0 N–H and O–H groups in total. The quantitative estimate of drug-likeness (QED) is 0.614. The fourth-order valence-electron chi connectivity index (χ4n) is 5.28. The zero-order chi connectivity index (χ0) is 21.8. The molecule has 10 nitrogen and oxygen atoms in total. The van der Waals surface area contributed by atoms with Crippen LogP contribution in [0.25, 0.3) is 16.9 Å². The van der Waals surface area contributed by atoms with Crippen molar-refractivity contribution in [3.8, 4) is 11.9 Å². The van der Waals surface area contributed by atoms with Crippen molar-refractivity contribution in [2.24, 2.45) is 7.05 Å². The van der Waals surface area contributed by atoms with E-state index in [-0.39, 0.29) is 6.04 Å². The van der Waals surface area contributed by atoms with Gasteiger partial charge in [0.2, 0.25) is 0 Å². The van der Waals surface area contributed by atoms with E-state index in [1.54, 1.807) is 9.36 Å².